The Hall–Kier alpha value is -0.750. The second-order valence-corrected chi connectivity index (χ2v) is 3.71. The summed E-state index contributed by atoms with van der Waals surface area (Å²) in [4.78, 5) is 0. The van der Waals surface area contributed by atoms with Crippen LogP contribution in [0.25, 0.3) is 0 Å². The van der Waals surface area contributed by atoms with E-state index in [4.69, 9.17) is 11.5 Å². The molecule has 0 amide bonds. The highest BCUT2D eigenvalue weighted by molar-refractivity contribution is 9.10. The molecule has 0 radical (unpaired) electrons. The first-order valence-electron chi connectivity index (χ1n) is 3.69. The van der Waals surface area contributed by atoms with Crippen molar-refractivity contribution in [1.29, 1.82) is 0 Å². The van der Waals surface area contributed by atoms with Crippen molar-refractivity contribution in [3.05, 3.63) is 28.2 Å². The monoisotopic (exact) mass is 268 g/mol. The zero-order chi connectivity index (χ0) is 10.9. The minimum Gasteiger partial charge on any atom is -0.398 e. The predicted molar refractivity (Wildman–Crippen MR) is 51.5 cm³/mol. The van der Waals surface area contributed by atoms with Gasteiger partial charge in [0.2, 0.25) is 0 Å². The third-order valence-electron chi connectivity index (χ3n) is 1.74. The Labute approximate surface area is 87.2 Å². The van der Waals surface area contributed by atoms with Gasteiger partial charge in [0.25, 0.3) is 0 Å². The summed E-state index contributed by atoms with van der Waals surface area (Å²) in [6.45, 7) is 0. The van der Waals surface area contributed by atoms with Crippen LogP contribution < -0.4 is 11.5 Å². The molecule has 0 fully saturated rings. The van der Waals surface area contributed by atoms with Crippen LogP contribution in [-0.2, 0) is 0 Å². The van der Waals surface area contributed by atoms with Gasteiger partial charge in [0.1, 0.15) is 6.04 Å². The fraction of sp³-hybridized carbons (Fsp3) is 0.250. The smallest absolute Gasteiger partial charge is 0.398 e. The van der Waals surface area contributed by atoms with Gasteiger partial charge in [-0.25, -0.2) is 0 Å². The highest BCUT2D eigenvalue weighted by Crippen LogP contribution is 2.34. The molecular weight excluding hydrogens is 261 g/mol. The standard InChI is InChI=1S/C8H8BrF3N2/c9-4-1-2-6(13)5(3-4)7(14)8(10,11)12/h1-3,7H,13-14H2/t7-/m0/s1. The molecule has 78 valence electrons. The Bertz CT molecular complexity index is 338. The molecule has 0 aliphatic carbocycles. The molecule has 0 saturated heterocycles. The van der Waals surface area contributed by atoms with E-state index in [2.05, 4.69) is 15.9 Å². The van der Waals surface area contributed by atoms with Crippen molar-refractivity contribution in [2.45, 2.75) is 12.2 Å². The number of hydrogen-bond donors (Lipinski definition) is 2. The van der Waals surface area contributed by atoms with Crippen LogP contribution in [0, 0.1) is 0 Å². The quantitative estimate of drug-likeness (QED) is 0.770. The number of rotatable bonds is 1. The van der Waals surface area contributed by atoms with Gasteiger partial charge in [-0.15, -0.1) is 0 Å². The average Bonchev–Trinajstić information content (AvgIpc) is 2.06. The maximum absolute atomic E-state index is 12.3. The molecule has 0 aromatic heterocycles. The summed E-state index contributed by atoms with van der Waals surface area (Å²) in [7, 11) is 0. The lowest BCUT2D eigenvalue weighted by Gasteiger charge is -2.17. The van der Waals surface area contributed by atoms with Crippen molar-refractivity contribution in [3.63, 3.8) is 0 Å². The lowest BCUT2D eigenvalue weighted by atomic mass is 10.1. The van der Waals surface area contributed by atoms with Crippen LogP contribution in [0.1, 0.15) is 11.6 Å². The van der Waals surface area contributed by atoms with Crippen LogP contribution in [0.5, 0.6) is 0 Å². The van der Waals surface area contributed by atoms with Crippen molar-refractivity contribution in [3.8, 4) is 0 Å². The molecular formula is C8H8BrF3N2. The van der Waals surface area contributed by atoms with Crippen LogP contribution in [0.15, 0.2) is 22.7 Å². The highest BCUT2D eigenvalue weighted by Gasteiger charge is 2.38. The maximum Gasteiger partial charge on any atom is 0.407 e. The van der Waals surface area contributed by atoms with Crippen LogP contribution in [0.2, 0.25) is 0 Å². The van der Waals surface area contributed by atoms with E-state index in [1.54, 1.807) is 6.07 Å². The third kappa shape index (κ3) is 2.39. The third-order valence-corrected chi connectivity index (χ3v) is 2.23. The SMILES string of the molecule is Nc1ccc(Br)cc1[C@H](N)C(F)(F)F. The molecule has 1 aromatic rings. The molecule has 4 N–H and O–H groups in total. The van der Waals surface area contributed by atoms with Crippen LogP contribution >= 0.6 is 15.9 Å². The molecule has 0 aliphatic heterocycles. The van der Waals surface area contributed by atoms with Gasteiger partial charge in [-0.2, -0.15) is 13.2 Å². The van der Waals surface area contributed by atoms with Gasteiger partial charge in [-0.05, 0) is 18.2 Å². The number of alkyl halides is 3. The summed E-state index contributed by atoms with van der Waals surface area (Å²) in [5.74, 6) is 0. The highest BCUT2D eigenvalue weighted by atomic mass is 79.9. The molecule has 2 nitrogen and oxygen atoms in total. The van der Waals surface area contributed by atoms with E-state index < -0.39 is 12.2 Å². The minimum absolute atomic E-state index is 0.0398. The topological polar surface area (TPSA) is 52.0 Å². The van der Waals surface area contributed by atoms with E-state index >= 15 is 0 Å². The number of nitrogens with two attached hydrogens (primary N) is 2. The number of nitrogen functional groups attached to an aromatic ring is 1. The Morgan fingerprint density at radius 1 is 1.29 bits per heavy atom. The Morgan fingerprint density at radius 2 is 1.86 bits per heavy atom. The van der Waals surface area contributed by atoms with E-state index in [0.717, 1.165) is 0 Å². The molecule has 1 aromatic carbocycles. The van der Waals surface area contributed by atoms with E-state index in [9.17, 15) is 13.2 Å². The van der Waals surface area contributed by atoms with E-state index in [1.807, 2.05) is 0 Å². The zero-order valence-corrected chi connectivity index (χ0v) is 8.56. The molecule has 1 rings (SSSR count). The van der Waals surface area contributed by atoms with Crippen molar-refractivity contribution >= 4 is 21.6 Å². The summed E-state index contributed by atoms with van der Waals surface area (Å²) < 4.78 is 37.3. The van der Waals surface area contributed by atoms with Crippen molar-refractivity contribution in [2.24, 2.45) is 5.73 Å². The summed E-state index contributed by atoms with van der Waals surface area (Å²) in [5.41, 5.74) is 10.3. The molecule has 0 bridgehead atoms. The fourth-order valence-electron chi connectivity index (χ4n) is 0.991. The zero-order valence-electron chi connectivity index (χ0n) is 6.98. The van der Waals surface area contributed by atoms with Crippen molar-refractivity contribution < 1.29 is 13.2 Å². The van der Waals surface area contributed by atoms with Crippen LogP contribution in [0.3, 0.4) is 0 Å². The lowest BCUT2D eigenvalue weighted by Crippen LogP contribution is -2.29. The molecule has 1 atom stereocenters. The first-order chi connectivity index (χ1) is 6.32. The van der Waals surface area contributed by atoms with Gasteiger partial charge in [-0.3, -0.25) is 0 Å². The second kappa shape index (κ2) is 3.78. The maximum atomic E-state index is 12.3. The normalized spacial score (nSPS) is 14.1. The Balaban J connectivity index is 3.12. The number of benzene rings is 1. The summed E-state index contributed by atoms with van der Waals surface area (Å²) in [6, 6.07) is 2.17. The number of anilines is 1. The van der Waals surface area contributed by atoms with E-state index in [1.165, 1.54) is 12.1 Å². The van der Waals surface area contributed by atoms with Crippen molar-refractivity contribution in [1.82, 2.24) is 0 Å². The summed E-state index contributed by atoms with van der Waals surface area (Å²) >= 11 is 3.05. The molecule has 0 saturated carbocycles. The van der Waals surface area contributed by atoms with E-state index in [0.29, 0.717) is 4.47 Å². The average molecular weight is 269 g/mol. The Morgan fingerprint density at radius 3 is 2.36 bits per heavy atom. The van der Waals surface area contributed by atoms with Gasteiger partial charge in [0.15, 0.2) is 0 Å². The molecule has 0 aliphatic rings. The van der Waals surface area contributed by atoms with Gasteiger partial charge in [0, 0.05) is 15.7 Å². The number of halogens is 4. The van der Waals surface area contributed by atoms with Crippen molar-refractivity contribution in [2.75, 3.05) is 5.73 Å². The van der Waals surface area contributed by atoms with Gasteiger partial charge >= 0.3 is 6.18 Å². The Kier molecular flexibility index (Phi) is 3.06. The fourth-order valence-corrected chi connectivity index (χ4v) is 1.37. The molecule has 0 heterocycles. The second-order valence-electron chi connectivity index (χ2n) is 2.79. The van der Waals surface area contributed by atoms with Crippen LogP contribution in [-0.4, -0.2) is 6.18 Å². The lowest BCUT2D eigenvalue weighted by molar-refractivity contribution is -0.149. The summed E-state index contributed by atoms with van der Waals surface area (Å²) in [5, 5.41) is 0. The predicted octanol–water partition coefficient (Wildman–Crippen LogP) is 2.59. The first-order valence-corrected chi connectivity index (χ1v) is 4.49. The largest absolute Gasteiger partial charge is 0.407 e. The number of hydrogen-bond acceptors (Lipinski definition) is 2. The molecule has 0 spiro atoms. The van der Waals surface area contributed by atoms with Gasteiger partial charge in [-0.1, -0.05) is 15.9 Å². The first kappa shape index (κ1) is 11.3. The van der Waals surface area contributed by atoms with Gasteiger partial charge < -0.3 is 11.5 Å². The molecule has 6 heteroatoms. The van der Waals surface area contributed by atoms with E-state index in [-0.39, 0.29) is 11.3 Å². The van der Waals surface area contributed by atoms with Crippen LogP contribution in [0.4, 0.5) is 18.9 Å². The van der Waals surface area contributed by atoms with Gasteiger partial charge in [0.05, 0.1) is 0 Å². The molecule has 14 heavy (non-hydrogen) atoms. The summed E-state index contributed by atoms with van der Waals surface area (Å²) in [6.07, 6.45) is -4.48. The molecule has 0 unspecified atom stereocenters. The minimum atomic E-state index is -4.48.